The van der Waals surface area contributed by atoms with Gasteiger partial charge in [-0.1, -0.05) is 55.4 Å². The molecule has 0 spiro atoms. The average Bonchev–Trinajstić information content (AvgIpc) is 3.09. The van der Waals surface area contributed by atoms with E-state index in [0.29, 0.717) is 30.5 Å². The first kappa shape index (κ1) is 17.9. The maximum Gasteiger partial charge on any atom is 0.227 e. The Balaban J connectivity index is 1.56. The molecule has 3 aromatic rings. The van der Waals surface area contributed by atoms with Gasteiger partial charge in [0.1, 0.15) is 0 Å². The van der Waals surface area contributed by atoms with E-state index in [1.54, 1.807) is 0 Å². The summed E-state index contributed by atoms with van der Waals surface area (Å²) in [6, 6.07) is 15.8. The van der Waals surface area contributed by atoms with E-state index < -0.39 is 0 Å². The fourth-order valence-electron chi connectivity index (χ4n) is 2.68. The molecular formula is C21H23N3O2. The summed E-state index contributed by atoms with van der Waals surface area (Å²) < 4.78 is 5.28. The number of rotatable bonds is 6. The largest absolute Gasteiger partial charge is 0.339 e. The van der Waals surface area contributed by atoms with Crippen LogP contribution in [0.5, 0.6) is 0 Å². The van der Waals surface area contributed by atoms with Crippen molar-refractivity contribution in [2.24, 2.45) is 0 Å². The SMILES string of the molecule is Cc1ccccc1-c1noc(CCC(=O)Nc2ccc(C(C)C)cc2)n1. The Kier molecular flexibility index (Phi) is 5.46. The molecule has 0 aliphatic heterocycles. The van der Waals surface area contributed by atoms with Crippen LogP contribution in [0, 0.1) is 6.92 Å². The second-order valence-corrected chi connectivity index (χ2v) is 6.65. The molecule has 0 radical (unpaired) electrons. The predicted octanol–water partition coefficient (Wildman–Crippen LogP) is 4.74. The van der Waals surface area contributed by atoms with E-state index in [2.05, 4.69) is 29.3 Å². The van der Waals surface area contributed by atoms with Crippen LogP contribution in [0.15, 0.2) is 53.1 Å². The number of carbonyl (C=O) groups excluding carboxylic acids is 1. The second kappa shape index (κ2) is 7.95. The topological polar surface area (TPSA) is 68.0 Å². The first-order chi connectivity index (χ1) is 12.5. The molecular weight excluding hydrogens is 326 g/mol. The molecule has 26 heavy (non-hydrogen) atoms. The Morgan fingerprint density at radius 3 is 2.54 bits per heavy atom. The van der Waals surface area contributed by atoms with Crippen LogP contribution < -0.4 is 5.32 Å². The van der Waals surface area contributed by atoms with Gasteiger partial charge in [-0.3, -0.25) is 4.79 Å². The van der Waals surface area contributed by atoms with Crippen LogP contribution in [0.25, 0.3) is 11.4 Å². The van der Waals surface area contributed by atoms with Crippen molar-refractivity contribution in [1.29, 1.82) is 0 Å². The molecule has 3 rings (SSSR count). The smallest absolute Gasteiger partial charge is 0.227 e. The summed E-state index contributed by atoms with van der Waals surface area (Å²) in [5, 5.41) is 6.91. The fraction of sp³-hybridized carbons (Fsp3) is 0.286. The van der Waals surface area contributed by atoms with E-state index in [-0.39, 0.29) is 5.91 Å². The molecule has 5 nitrogen and oxygen atoms in total. The van der Waals surface area contributed by atoms with Gasteiger partial charge < -0.3 is 9.84 Å². The Morgan fingerprint density at radius 2 is 1.85 bits per heavy atom. The van der Waals surface area contributed by atoms with Gasteiger partial charge in [0.25, 0.3) is 0 Å². The normalized spacial score (nSPS) is 10.9. The minimum absolute atomic E-state index is 0.0714. The van der Waals surface area contributed by atoms with Gasteiger partial charge in [-0.15, -0.1) is 0 Å². The van der Waals surface area contributed by atoms with E-state index in [4.69, 9.17) is 4.52 Å². The van der Waals surface area contributed by atoms with Gasteiger partial charge in [0, 0.05) is 24.1 Å². The monoisotopic (exact) mass is 349 g/mol. The molecule has 1 N–H and O–H groups in total. The van der Waals surface area contributed by atoms with Crippen molar-refractivity contribution in [1.82, 2.24) is 10.1 Å². The van der Waals surface area contributed by atoms with Crippen LogP contribution in [0.2, 0.25) is 0 Å². The first-order valence-electron chi connectivity index (χ1n) is 8.81. The second-order valence-electron chi connectivity index (χ2n) is 6.65. The Labute approximate surface area is 153 Å². The number of hydrogen-bond donors (Lipinski definition) is 1. The molecule has 1 amide bonds. The van der Waals surface area contributed by atoms with Gasteiger partial charge in [-0.2, -0.15) is 4.98 Å². The summed E-state index contributed by atoms with van der Waals surface area (Å²) >= 11 is 0. The first-order valence-corrected chi connectivity index (χ1v) is 8.81. The van der Waals surface area contributed by atoms with Crippen molar-refractivity contribution in [3.05, 3.63) is 65.5 Å². The number of amides is 1. The molecule has 0 unspecified atom stereocenters. The van der Waals surface area contributed by atoms with Crippen molar-refractivity contribution < 1.29 is 9.32 Å². The molecule has 5 heteroatoms. The lowest BCUT2D eigenvalue weighted by Crippen LogP contribution is -2.12. The molecule has 0 aliphatic carbocycles. The highest BCUT2D eigenvalue weighted by Gasteiger charge is 2.12. The molecule has 0 saturated carbocycles. The lowest BCUT2D eigenvalue weighted by atomic mass is 10.0. The van der Waals surface area contributed by atoms with Crippen molar-refractivity contribution in [3.8, 4) is 11.4 Å². The van der Waals surface area contributed by atoms with E-state index in [9.17, 15) is 4.79 Å². The third kappa shape index (κ3) is 4.36. The standard InChI is InChI=1S/C21H23N3O2/c1-14(2)16-8-10-17(11-9-16)22-19(25)12-13-20-23-21(24-26-20)18-7-5-4-6-15(18)3/h4-11,14H,12-13H2,1-3H3,(H,22,25). The van der Waals surface area contributed by atoms with Gasteiger partial charge >= 0.3 is 0 Å². The third-order valence-corrected chi connectivity index (χ3v) is 4.28. The lowest BCUT2D eigenvalue weighted by Gasteiger charge is -2.08. The zero-order valence-electron chi connectivity index (χ0n) is 15.3. The van der Waals surface area contributed by atoms with Crippen molar-refractivity contribution in [2.45, 2.75) is 39.5 Å². The summed E-state index contributed by atoms with van der Waals surface area (Å²) in [5.74, 6) is 1.43. The molecule has 0 fully saturated rings. The molecule has 0 bridgehead atoms. The summed E-state index contributed by atoms with van der Waals surface area (Å²) in [6.07, 6.45) is 0.704. The zero-order valence-corrected chi connectivity index (χ0v) is 15.3. The van der Waals surface area contributed by atoms with E-state index in [1.165, 1.54) is 5.56 Å². The maximum absolute atomic E-state index is 12.1. The van der Waals surface area contributed by atoms with Gasteiger partial charge in [-0.25, -0.2) is 0 Å². The molecule has 1 heterocycles. The lowest BCUT2D eigenvalue weighted by molar-refractivity contribution is -0.116. The van der Waals surface area contributed by atoms with Crippen molar-refractivity contribution in [2.75, 3.05) is 5.32 Å². The van der Waals surface area contributed by atoms with Crippen molar-refractivity contribution in [3.63, 3.8) is 0 Å². The predicted molar refractivity (Wildman–Crippen MR) is 102 cm³/mol. The van der Waals surface area contributed by atoms with Gasteiger partial charge in [0.2, 0.25) is 17.6 Å². The summed E-state index contributed by atoms with van der Waals surface area (Å²) in [5.41, 5.74) is 4.07. The highest BCUT2D eigenvalue weighted by Crippen LogP contribution is 2.20. The number of nitrogens with one attached hydrogen (secondary N) is 1. The van der Waals surface area contributed by atoms with E-state index in [1.807, 2.05) is 55.5 Å². The minimum Gasteiger partial charge on any atom is -0.339 e. The average molecular weight is 349 g/mol. The van der Waals surface area contributed by atoms with Crippen LogP contribution in [-0.4, -0.2) is 16.0 Å². The molecule has 134 valence electrons. The number of aryl methyl sites for hydroxylation is 2. The quantitative estimate of drug-likeness (QED) is 0.698. The summed E-state index contributed by atoms with van der Waals surface area (Å²) in [4.78, 5) is 16.5. The van der Waals surface area contributed by atoms with Crippen LogP contribution in [0.4, 0.5) is 5.69 Å². The molecule has 2 aromatic carbocycles. The number of aromatic nitrogens is 2. The highest BCUT2D eigenvalue weighted by atomic mass is 16.5. The number of benzene rings is 2. The molecule has 0 aliphatic rings. The molecule has 0 atom stereocenters. The fourth-order valence-corrected chi connectivity index (χ4v) is 2.68. The van der Waals surface area contributed by atoms with E-state index >= 15 is 0 Å². The Morgan fingerprint density at radius 1 is 1.12 bits per heavy atom. The zero-order chi connectivity index (χ0) is 18.5. The van der Waals surface area contributed by atoms with Gasteiger partial charge in [-0.05, 0) is 36.1 Å². The van der Waals surface area contributed by atoms with Crippen molar-refractivity contribution >= 4 is 11.6 Å². The number of carbonyl (C=O) groups is 1. The summed E-state index contributed by atoms with van der Waals surface area (Å²) in [7, 11) is 0. The summed E-state index contributed by atoms with van der Waals surface area (Å²) in [6.45, 7) is 6.29. The Bertz CT molecular complexity index is 882. The number of anilines is 1. The third-order valence-electron chi connectivity index (χ3n) is 4.28. The van der Waals surface area contributed by atoms with Crippen LogP contribution in [-0.2, 0) is 11.2 Å². The van der Waals surface area contributed by atoms with Gasteiger partial charge in [0.15, 0.2) is 0 Å². The van der Waals surface area contributed by atoms with Crippen LogP contribution in [0.3, 0.4) is 0 Å². The van der Waals surface area contributed by atoms with Gasteiger partial charge in [0.05, 0.1) is 0 Å². The molecule has 0 saturated heterocycles. The molecule has 1 aromatic heterocycles. The minimum atomic E-state index is -0.0714. The van der Waals surface area contributed by atoms with E-state index in [0.717, 1.165) is 16.8 Å². The van der Waals surface area contributed by atoms with Crippen LogP contribution >= 0.6 is 0 Å². The van der Waals surface area contributed by atoms with Crippen LogP contribution in [0.1, 0.15) is 43.2 Å². The number of nitrogens with zero attached hydrogens (tertiary/aromatic N) is 2. The highest BCUT2D eigenvalue weighted by molar-refractivity contribution is 5.90. The Hall–Kier alpha value is -2.95. The number of hydrogen-bond acceptors (Lipinski definition) is 4. The maximum atomic E-state index is 12.1.